The number of aliphatic hydroxyl groups excluding tert-OH is 2. The fourth-order valence-electron chi connectivity index (χ4n) is 3.06. The molecule has 3 rings (SSSR count). The van der Waals surface area contributed by atoms with Gasteiger partial charge in [0.2, 0.25) is 0 Å². The maximum Gasteiger partial charge on any atom is 0.481 e. The zero-order valence-corrected chi connectivity index (χ0v) is 20.7. The first-order chi connectivity index (χ1) is 17.0. The van der Waals surface area contributed by atoms with Crippen LogP contribution in [-0.2, 0) is 41.3 Å². The van der Waals surface area contributed by atoms with E-state index in [9.17, 15) is 33.6 Å². The highest BCUT2D eigenvalue weighted by Crippen LogP contribution is 2.57. The number of aliphatic hydroxyl groups is 2. The highest BCUT2D eigenvalue weighted by Gasteiger charge is 2.49. The summed E-state index contributed by atoms with van der Waals surface area (Å²) in [5.41, 5.74) is 5.84. The molecule has 2 aromatic rings. The summed E-state index contributed by atoms with van der Waals surface area (Å²) in [6.07, 6.45) is -6.87. The Kier molecular flexibility index (Phi) is 8.85. The first-order valence-corrected chi connectivity index (χ1v) is 14.1. The van der Waals surface area contributed by atoms with Crippen molar-refractivity contribution in [1.82, 2.24) is 19.5 Å². The molecule has 0 saturated carbocycles. The van der Waals surface area contributed by atoms with E-state index in [2.05, 4.69) is 28.3 Å². The van der Waals surface area contributed by atoms with Gasteiger partial charge < -0.3 is 49.9 Å². The van der Waals surface area contributed by atoms with Gasteiger partial charge in [0, 0.05) is 0 Å². The average Bonchev–Trinajstić information content (AvgIpc) is 3.31. The lowest BCUT2D eigenvalue weighted by molar-refractivity contribution is -0.168. The van der Waals surface area contributed by atoms with Crippen LogP contribution in [0.15, 0.2) is 12.7 Å². The van der Waals surface area contributed by atoms with Crippen LogP contribution in [0, 0.1) is 0 Å². The monoisotopic (exact) mass is 595 g/mol. The molecule has 0 aliphatic carbocycles. The van der Waals surface area contributed by atoms with E-state index >= 15 is 0 Å². The van der Waals surface area contributed by atoms with Gasteiger partial charge in [-0.3, -0.25) is 13.6 Å². The lowest BCUT2D eigenvalue weighted by Gasteiger charge is -2.22. The fourth-order valence-corrected chi connectivity index (χ4v) is 4.99. The smallest absolute Gasteiger partial charge is 0.455 e. The number of nitrogen functional groups attached to an aromatic ring is 1. The van der Waals surface area contributed by atoms with Crippen molar-refractivity contribution < 1.29 is 76.0 Å². The van der Waals surface area contributed by atoms with Gasteiger partial charge in [-0.05, 0) is 0 Å². The Morgan fingerprint density at radius 2 is 1.78 bits per heavy atom. The predicted molar refractivity (Wildman–Crippen MR) is 112 cm³/mol. The standard InChI is InChI=1S/C13H20N5O16P3/c14-10-7-11(16-3-15-10)18(4-17-7)12-8(20)9(33-13(21)5(19)1-30-35(22,23)24)6(32-12)2-31-37(28,29)34-36(25,26)27/h3-6,8-9,12,19-20H,1-2H2,(H,28,29)(H2,14,15,16)(H2,22,23,24)(H2,25,26,27)/t5?,6-,8-,9-,12-/m1/s1. The number of fused-ring (bicyclic) bond motifs is 1. The van der Waals surface area contributed by atoms with Crippen LogP contribution >= 0.6 is 23.5 Å². The molecule has 2 aromatic heterocycles. The molecular weight excluding hydrogens is 575 g/mol. The predicted octanol–water partition coefficient (Wildman–Crippen LogP) is -2.72. The third-order valence-electron chi connectivity index (χ3n) is 4.51. The molecule has 2 unspecified atom stereocenters. The number of anilines is 1. The summed E-state index contributed by atoms with van der Waals surface area (Å²) in [7, 11) is -15.9. The second kappa shape index (κ2) is 11.0. The topological polar surface area (TPSA) is 326 Å². The fraction of sp³-hybridized carbons (Fsp3) is 0.538. The zero-order valence-electron chi connectivity index (χ0n) is 18.0. The van der Waals surface area contributed by atoms with Gasteiger partial charge in [0.25, 0.3) is 0 Å². The molecule has 9 N–H and O–H groups in total. The van der Waals surface area contributed by atoms with Crippen LogP contribution < -0.4 is 5.73 Å². The van der Waals surface area contributed by atoms with Gasteiger partial charge in [-0.1, -0.05) is 0 Å². The van der Waals surface area contributed by atoms with E-state index in [0.29, 0.717) is 0 Å². The molecule has 1 aliphatic heterocycles. The maximum atomic E-state index is 12.2. The van der Waals surface area contributed by atoms with Crippen LogP contribution in [0.1, 0.15) is 6.23 Å². The minimum atomic E-state index is -5.48. The normalized spacial score (nSPS) is 25.2. The molecule has 24 heteroatoms. The number of aromatic nitrogens is 4. The molecular formula is C13H20N5O16P3. The summed E-state index contributed by atoms with van der Waals surface area (Å²) in [6, 6.07) is 0. The minimum Gasteiger partial charge on any atom is -0.455 e. The number of nitrogens with zero attached hydrogens (tertiary/aromatic N) is 4. The van der Waals surface area contributed by atoms with Crippen LogP contribution in [0.5, 0.6) is 0 Å². The van der Waals surface area contributed by atoms with E-state index in [4.69, 9.17) is 34.8 Å². The molecule has 3 heterocycles. The first-order valence-electron chi connectivity index (χ1n) is 9.57. The van der Waals surface area contributed by atoms with Crippen molar-refractivity contribution in [1.29, 1.82) is 0 Å². The van der Waals surface area contributed by atoms with Crippen molar-refractivity contribution in [2.45, 2.75) is 30.6 Å². The van der Waals surface area contributed by atoms with Crippen molar-refractivity contribution in [3.8, 4) is 0 Å². The van der Waals surface area contributed by atoms with E-state index in [1.807, 2.05) is 0 Å². The van der Waals surface area contributed by atoms with E-state index in [0.717, 1.165) is 17.2 Å². The molecule has 0 spiro atoms. The highest BCUT2D eigenvalue weighted by atomic mass is 31.3. The molecule has 6 atom stereocenters. The van der Waals surface area contributed by atoms with E-state index < -0.39 is 73.3 Å². The molecule has 0 radical (unpaired) electrons. The van der Waals surface area contributed by atoms with Crippen LogP contribution in [0.3, 0.4) is 0 Å². The number of phosphoric acid groups is 3. The minimum absolute atomic E-state index is 0.0379. The lowest BCUT2D eigenvalue weighted by atomic mass is 10.1. The van der Waals surface area contributed by atoms with Crippen molar-refractivity contribution in [3.05, 3.63) is 12.7 Å². The van der Waals surface area contributed by atoms with Gasteiger partial charge in [-0.2, -0.15) is 4.31 Å². The molecule has 0 amide bonds. The van der Waals surface area contributed by atoms with E-state index in [-0.39, 0.29) is 17.0 Å². The van der Waals surface area contributed by atoms with Crippen molar-refractivity contribution in [3.63, 3.8) is 0 Å². The Balaban J connectivity index is 1.84. The molecule has 37 heavy (non-hydrogen) atoms. The van der Waals surface area contributed by atoms with Crippen molar-refractivity contribution >= 4 is 46.4 Å². The third kappa shape index (κ3) is 7.79. The Morgan fingerprint density at radius 3 is 2.41 bits per heavy atom. The summed E-state index contributed by atoms with van der Waals surface area (Å²) in [6.45, 7) is -2.28. The number of carbonyl (C=O) groups is 1. The molecule has 21 nitrogen and oxygen atoms in total. The number of phosphoric ester groups is 2. The molecule has 0 aromatic carbocycles. The molecule has 208 valence electrons. The number of carbonyl (C=O) groups excluding carboxylic acids is 1. The number of hydrogen-bond donors (Lipinski definition) is 8. The summed E-state index contributed by atoms with van der Waals surface area (Å²) < 4.78 is 57.2. The second-order valence-electron chi connectivity index (χ2n) is 7.18. The zero-order chi connectivity index (χ0) is 27.8. The number of hydrogen-bond acceptors (Lipinski definition) is 15. The molecule has 1 aliphatic rings. The Morgan fingerprint density at radius 1 is 1.11 bits per heavy atom. The summed E-state index contributed by atoms with van der Waals surface area (Å²) in [4.78, 5) is 68.3. The lowest BCUT2D eigenvalue weighted by Crippen LogP contribution is -2.41. The average molecular weight is 595 g/mol. The summed E-state index contributed by atoms with van der Waals surface area (Å²) in [5, 5.41) is 20.6. The number of ether oxygens (including phenoxy) is 2. The second-order valence-corrected chi connectivity index (χ2v) is 11.2. The Hall–Kier alpha value is -1.93. The van der Waals surface area contributed by atoms with Crippen LogP contribution in [0.2, 0.25) is 0 Å². The van der Waals surface area contributed by atoms with E-state index in [1.54, 1.807) is 0 Å². The van der Waals surface area contributed by atoms with Crippen LogP contribution in [0.4, 0.5) is 5.82 Å². The number of rotatable bonds is 11. The van der Waals surface area contributed by atoms with Gasteiger partial charge in [-0.25, -0.2) is 33.4 Å². The summed E-state index contributed by atoms with van der Waals surface area (Å²) in [5.74, 6) is -1.60. The van der Waals surface area contributed by atoms with Crippen LogP contribution in [0.25, 0.3) is 11.2 Å². The van der Waals surface area contributed by atoms with Crippen molar-refractivity contribution in [2.75, 3.05) is 18.9 Å². The number of esters is 1. The third-order valence-corrected chi connectivity index (χ3v) is 7.14. The van der Waals surface area contributed by atoms with Gasteiger partial charge in [-0.15, -0.1) is 0 Å². The van der Waals surface area contributed by atoms with Gasteiger partial charge in [0.1, 0.15) is 24.1 Å². The Labute approximate surface area is 204 Å². The number of imidazole rings is 1. The van der Waals surface area contributed by atoms with Gasteiger partial charge >= 0.3 is 29.4 Å². The number of nitrogens with two attached hydrogens (primary N) is 1. The van der Waals surface area contributed by atoms with Crippen molar-refractivity contribution in [2.24, 2.45) is 0 Å². The van der Waals surface area contributed by atoms with E-state index in [1.165, 1.54) is 0 Å². The summed E-state index contributed by atoms with van der Waals surface area (Å²) >= 11 is 0. The SMILES string of the molecule is Nc1ncnc2c1ncn2[C@@H]1O[C@H](COP(=O)(O)OP(=O)(O)O)[C@@H](OC(=O)C(O)COP(=O)(O)O)[C@H]1O. The highest BCUT2D eigenvalue weighted by molar-refractivity contribution is 7.60. The van der Waals surface area contributed by atoms with Gasteiger partial charge in [0.15, 0.2) is 29.9 Å². The quantitative estimate of drug-likeness (QED) is 0.0965. The molecule has 1 fully saturated rings. The largest absolute Gasteiger partial charge is 0.481 e. The molecule has 1 saturated heterocycles. The van der Waals surface area contributed by atoms with Crippen LogP contribution in [-0.4, -0.2) is 97.8 Å². The maximum absolute atomic E-state index is 12.2. The Bertz CT molecular complexity index is 1280. The molecule has 0 bridgehead atoms. The van der Waals surface area contributed by atoms with Gasteiger partial charge in [0.05, 0.1) is 19.5 Å². The first kappa shape index (κ1) is 29.6.